The van der Waals surface area contributed by atoms with Crippen molar-refractivity contribution in [3.63, 3.8) is 0 Å². The summed E-state index contributed by atoms with van der Waals surface area (Å²) in [6, 6.07) is 12.4. The molecule has 0 spiro atoms. The fourth-order valence-corrected chi connectivity index (χ4v) is 2.99. The number of aromatic nitrogens is 1. The lowest BCUT2D eigenvalue weighted by Crippen LogP contribution is -2.33. The van der Waals surface area contributed by atoms with Crippen LogP contribution in [0.3, 0.4) is 0 Å². The molecule has 7 heteroatoms. The molecule has 3 amide bonds. The van der Waals surface area contributed by atoms with E-state index in [0.717, 1.165) is 27.7 Å². The van der Waals surface area contributed by atoms with Gasteiger partial charge in [0.2, 0.25) is 5.91 Å². The van der Waals surface area contributed by atoms with E-state index < -0.39 is 5.91 Å². The number of para-hydroxylation sites is 1. The number of aryl methyl sites for hydroxylation is 2. The Kier molecular flexibility index (Phi) is 5.44. The van der Waals surface area contributed by atoms with Gasteiger partial charge < -0.3 is 21.4 Å². The average Bonchev–Trinajstić information content (AvgIpc) is 2.98. The Hall–Kier alpha value is -3.61. The molecule has 5 N–H and O–H groups in total. The molecule has 0 radical (unpaired) electrons. The van der Waals surface area contributed by atoms with Gasteiger partial charge in [-0.3, -0.25) is 14.4 Å². The van der Waals surface area contributed by atoms with Crippen molar-refractivity contribution in [2.45, 2.75) is 20.4 Å². The minimum absolute atomic E-state index is 0.171. The Morgan fingerprint density at radius 3 is 2.36 bits per heavy atom. The van der Waals surface area contributed by atoms with E-state index in [2.05, 4.69) is 15.6 Å². The first-order chi connectivity index (χ1) is 13.4. The van der Waals surface area contributed by atoms with Crippen LogP contribution in [0.1, 0.15) is 37.5 Å². The maximum atomic E-state index is 12.6. The highest BCUT2D eigenvalue weighted by Crippen LogP contribution is 2.24. The summed E-state index contributed by atoms with van der Waals surface area (Å²) in [6.07, 6.45) is 0. The second kappa shape index (κ2) is 7.96. The SMILES string of the molecule is Cc1[nH]c2c(C(=O)NCc3ccc(C(=O)NCC(N)=O)cc3)cccc2c1C. The van der Waals surface area contributed by atoms with Crippen LogP contribution in [0.25, 0.3) is 10.9 Å². The van der Waals surface area contributed by atoms with Crippen molar-refractivity contribution < 1.29 is 14.4 Å². The predicted molar refractivity (Wildman–Crippen MR) is 107 cm³/mol. The summed E-state index contributed by atoms with van der Waals surface area (Å²) >= 11 is 0. The predicted octanol–water partition coefficient (Wildman–Crippen LogP) is 1.93. The number of carbonyl (C=O) groups excluding carboxylic acids is 3. The number of primary amides is 1. The maximum absolute atomic E-state index is 12.6. The second-order valence-corrected chi connectivity index (χ2v) is 6.63. The zero-order chi connectivity index (χ0) is 20.3. The van der Waals surface area contributed by atoms with Crippen LogP contribution in [0.2, 0.25) is 0 Å². The van der Waals surface area contributed by atoms with Gasteiger partial charge in [0.25, 0.3) is 11.8 Å². The zero-order valence-corrected chi connectivity index (χ0v) is 15.8. The molecule has 0 saturated heterocycles. The molecule has 28 heavy (non-hydrogen) atoms. The first-order valence-electron chi connectivity index (χ1n) is 8.88. The quantitative estimate of drug-likeness (QED) is 0.525. The van der Waals surface area contributed by atoms with Crippen LogP contribution in [0.15, 0.2) is 42.5 Å². The standard InChI is InChI=1S/C21H22N4O3/c1-12-13(2)25-19-16(12)4-3-5-17(19)21(28)23-10-14-6-8-15(9-7-14)20(27)24-11-18(22)26/h3-9,25H,10-11H2,1-2H3,(H2,22,26)(H,23,28)(H,24,27). The Bertz CT molecular complexity index is 1050. The molecule has 0 aliphatic rings. The van der Waals surface area contributed by atoms with Crippen molar-refractivity contribution in [2.75, 3.05) is 6.54 Å². The highest BCUT2D eigenvalue weighted by molar-refractivity contribution is 6.06. The van der Waals surface area contributed by atoms with Gasteiger partial charge >= 0.3 is 0 Å². The van der Waals surface area contributed by atoms with Crippen LogP contribution in [0, 0.1) is 13.8 Å². The van der Waals surface area contributed by atoms with E-state index in [0.29, 0.717) is 17.7 Å². The number of nitrogens with one attached hydrogen (secondary N) is 3. The molecule has 1 aromatic heterocycles. The van der Waals surface area contributed by atoms with Crippen molar-refractivity contribution in [2.24, 2.45) is 5.73 Å². The van der Waals surface area contributed by atoms with Gasteiger partial charge in [-0.15, -0.1) is 0 Å². The van der Waals surface area contributed by atoms with E-state index in [9.17, 15) is 14.4 Å². The van der Waals surface area contributed by atoms with E-state index in [-0.39, 0.29) is 18.4 Å². The second-order valence-electron chi connectivity index (χ2n) is 6.63. The highest BCUT2D eigenvalue weighted by atomic mass is 16.2. The number of aromatic amines is 1. The van der Waals surface area contributed by atoms with Gasteiger partial charge in [-0.2, -0.15) is 0 Å². The zero-order valence-electron chi connectivity index (χ0n) is 15.8. The lowest BCUT2D eigenvalue weighted by molar-refractivity contribution is -0.117. The van der Waals surface area contributed by atoms with Crippen molar-refractivity contribution >= 4 is 28.6 Å². The van der Waals surface area contributed by atoms with Crippen LogP contribution < -0.4 is 16.4 Å². The summed E-state index contributed by atoms with van der Waals surface area (Å²) in [5.41, 5.74) is 9.87. The number of carbonyl (C=O) groups is 3. The third-order valence-corrected chi connectivity index (χ3v) is 4.68. The van der Waals surface area contributed by atoms with E-state index in [1.54, 1.807) is 30.3 Å². The number of rotatable bonds is 6. The Morgan fingerprint density at radius 2 is 1.68 bits per heavy atom. The summed E-state index contributed by atoms with van der Waals surface area (Å²) in [7, 11) is 0. The van der Waals surface area contributed by atoms with Crippen LogP contribution in [-0.4, -0.2) is 29.3 Å². The minimum atomic E-state index is -0.602. The van der Waals surface area contributed by atoms with Crippen molar-refractivity contribution in [1.82, 2.24) is 15.6 Å². The largest absolute Gasteiger partial charge is 0.368 e. The smallest absolute Gasteiger partial charge is 0.253 e. The first-order valence-corrected chi connectivity index (χ1v) is 8.88. The van der Waals surface area contributed by atoms with Crippen LogP contribution in [-0.2, 0) is 11.3 Å². The van der Waals surface area contributed by atoms with E-state index in [1.807, 2.05) is 26.0 Å². The van der Waals surface area contributed by atoms with Crippen LogP contribution in [0.4, 0.5) is 0 Å². The van der Waals surface area contributed by atoms with Gasteiger partial charge in [0.15, 0.2) is 0 Å². The molecule has 0 atom stereocenters. The molecule has 1 heterocycles. The number of amides is 3. The highest BCUT2D eigenvalue weighted by Gasteiger charge is 2.14. The van der Waals surface area contributed by atoms with Crippen LogP contribution >= 0.6 is 0 Å². The fourth-order valence-electron chi connectivity index (χ4n) is 2.99. The number of fused-ring (bicyclic) bond motifs is 1. The number of nitrogens with two attached hydrogens (primary N) is 1. The van der Waals surface area contributed by atoms with Gasteiger partial charge in [-0.05, 0) is 43.2 Å². The summed E-state index contributed by atoms with van der Waals surface area (Å²) in [4.78, 5) is 38.5. The molecule has 144 valence electrons. The Balaban J connectivity index is 1.66. The van der Waals surface area contributed by atoms with Crippen LogP contribution in [0.5, 0.6) is 0 Å². The summed E-state index contributed by atoms with van der Waals surface area (Å²) in [5, 5.41) is 6.37. The molecular formula is C21H22N4O3. The van der Waals surface area contributed by atoms with E-state index >= 15 is 0 Å². The Morgan fingerprint density at radius 1 is 0.964 bits per heavy atom. The van der Waals surface area contributed by atoms with Gasteiger partial charge in [0.05, 0.1) is 17.6 Å². The average molecular weight is 378 g/mol. The lowest BCUT2D eigenvalue weighted by Gasteiger charge is -2.08. The molecule has 3 rings (SSSR count). The Labute approximate surface area is 162 Å². The van der Waals surface area contributed by atoms with Gasteiger partial charge in [-0.1, -0.05) is 24.3 Å². The monoisotopic (exact) mass is 378 g/mol. The van der Waals surface area contributed by atoms with Crippen molar-refractivity contribution in [3.8, 4) is 0 Å². The fraction of sp³-hybridized carbons (Fsp3) is 0.190. The molecule has 0 aliphatic carbocycles. The molecule has 0 aliphatic heterocycles. The van der Waals surface area contributed by atoms with Gasteiger partial charge in [-0.25, -0.2) is 0 Å². The molecule has 0 fully saturated rings. The lowest BCUT2D eigenvalue weighted by atomic mass is 10.1. The molecule has 0 saturated carbocycles. The summed E-state index contributed by atoms with van der Waals surface area (Å²) < 4.78 is 0. The van der Waals surface area contributed by atoms with Crippen molar-refractivity contribution in [3.05, 3.63) is 70.4 Å². The molecule has 2 aromatic carbocycles. The number of hydrogen-bond acceptors (Lipinski definition) is 3. The third kappa shape index (κ3) is 4.03. The normalized spacial score (nSPS) is 10.6. The van der Waals surface area contributed by atoms with Crippen molar-refractivity contribution in [1.29, 1.82) is 0 Å². The maximum Gasteiger partial charge on any atom is 0.253 e. The number of benzene rings is 2. The molecule has 0 bridgehead atoms. The molecule has 3 aromatic rings. The first kappa shape index (κ1) is 19.2. The minimum Gasteiger partial charge on any atom is -0.368 e. The number of H-pyrrole nitrogens is 1. The van der Waals surface area contributed by atoms with Gasteiger partial charge in [0, 0.05) is 23.2 Å². The molecule has 0 unspecified atom stereocenters. The molecule has 7 nitrogen and oxygen atoms in total. The van der Waals surface area contributed by atoms with E-state index in [4.69, 9.17) is 5.73 Å². The van der Waals surface area contributed by atoms with Gasteiger partial charge in [0.1, 0.15) is 0 Å². The third-order valence-electron chi connectivity index (χ3n) is 4.68. The number of hydrogen-bond donors (Lipinski definition) is 4. The summed E-state index contributed by atoms with van der Waals surface area (Å²) in [5.74, 6) is -1.15. The summed E-state index contributed by atoms with van der Waals surface area (Å²) in [6.45, 7) is 4.13. The molecular weight excluding hydrogens is 356 g/mol. The van der Waals surface area contributed by atoms with E-state index in [1.165, 1.54) is 0 Å². The topological polar surface area (TPSA) is 117 Å².